The molecule has 0 aromatic heterocycles. The van der Waals surface area contributed by atoms with Crippen LogP contribution in [0, 0.1) is 11.3 Å². The van der Waals surface area contributed by atoms with Crippen molar-refractivity contribution < 1.29 is 19.7 Å². The lowest BCUT2D eigenvalue weighted by atomic mass is 9.71. The highest BCUT2D eigenvalue weighted by Crippen LogP contribution is 2.46. The molecule has 1 saturated carbocycles. The lowest BCUT2D eigenvalue weighted by Crippen LogP contribution is -2.50. The average Bonchev–Trinajstić information content (AvgIpc) is 2.91. The summed E-state index contributed by atoms with van der Waals surface area (Å²) in [5, 5.41) is 20.4. The highest BCUT2D eigenvalue weighted by Gasteiger charge is 2.48. The summed E-state index contributed by atoms with van der Waals surface area (Å²) >= 11 is 0. The number of rotatable bonds is 5. The second kappa shape index (κ2) is 7.19. The predicted molar refractivity (Wildman–Crippen MR) is 89.6 cm³/mol. The van der Waals surface area contributed by atoms with Crippen LogP contribution in [-0.4, -0.2) is 52.6 Å². The number of ether oxygens (including phenoxy) is 2. The first-order valence-electron chi connectivity index (χ1n) is 8.78. The van der Waals surface area contributed by atoms with Gasteiger partial charge in [0.15, 0.2) is 5.79 Å². The summed E-state index contributed by atoms with van der Waals surface area (Å²) in [7, 11) is 0. The van der Waals surface area contributed by atoms with E-state index in [9.17, 15) is 10.2 Å². The van der Waals surface area contributed by atoms with Gasteiger partial charge in [0.05, 0.1) is 6.61 Å². The van der Waals surface area contributed by atoms with Gasteiger partial charge >= 0.3 is 0 Å². The molecule has 3 unspecified atom stereocenters. The van der Waals surface area contributed by atoms with Gasteiger partial charge in [0, 0.05) is 19.4 Å². The zero-order chi connectivity index (χ0) is 17.3. The third-order valence-electron chi connectivity index (χ3n) is 5.44. The van der Waals surface area contributed by atoms with Crippen molar-refractivity contribution in [1.29, 1.82) is 0 Å². The van der Waals surface area contributed by atoms with Crippen molar-refractivity contribution in [3.05, 3.63) is 12.7 Å². The minimum absolute atomic E-state index is 0.312. The molecular formula is C18H33NO4. The van der Waals surface area contributed by atoms with Crippen LogP contribution in [0.3, 0.4) is 0 Å². The van der Waals surface area contributed by atoms with Gasteiger partial charge in [-0.2, -0.15) is 0 Å². The van der Waals surface area contributed by atoms with E-state index in [-0.39, 0.29) is 0 Å². The van der Waals surface area contributed by atoms with Crippen LogP contribution in [0.5, 0.6) is 0 Å². The Morgan fingerprint density at radius 2 is 1.91 bits per heavy atom. The Bertz CT molecular complexity index is 398. The molecule has 2 N–H and O–H groups in total. The summed E-state index contributed by atoms with van der Waals surface area (Å²) < 4.78 is 12.1. The number of hydrogen-bond donors (Lipinski definition) is 2. The largest absolute Gasteiger partial charge is 0.375 e. The Kier molecular flexibility index (Phi) is 5.90. The van der Waals surface area contributed by atoms with Gasteiger partial charge in [-0.15, -0.1) is 0 Å². The first kappa shape index (κ1) is 18.9. The fourth-order valence-corrected chi connectivity index (χ4v) is 3.79. The quantitative estimate of drug-likeness (QED) is 0.600. The van der Waals surface area contributed by atoms with Crippen LogP contribution in [0.4, 0.5) is 0 Å². The van der Waals surface area contributed by atoms with Gasteiger partial charge in [0.1, 0.15) is 18.6 Å². The van der Waals surface area contributed by atoms with E-state index < -0.39 is 24.3 Å². The van der Waals surface area contributed by atoms with Gasteiger partial charge in [-0.25, -0.2) is 4.90 Å². The lowest BCUT2D eigenvalue weighted by Gasteiger charge is -2.41. The predicted octanol–water partition coefficient (Wildman–Crippen LogP) is 2.48. The molecule has 1 saturated heterocycles. The van der Waals surface area contributed by atoms with Gasteiger partial charge < -0.3 is 19.7 Å². The second-order valence-electron chi connectivity index (χ2n) is 7.91. The fourth-order valence-electron chi connectivity index (χ4n) is 3.79. The third-order valence-corrected chi connectivity index (χ3v) is 5.44. The maximum atomic E-state index is 10.5. The molecule has 23 heavy (non-hydrogen) atoms. The summed E-state index contributed by atoms with van der Waals surface area (Å²) in [6, 6.07) is 0. The van der Waals surface area contributed by atoms with Crippen LogP contribution in [0.15, 0.2) is 12.7 Å². The highest BCUT2D eigenvalue weighted by molar-refractivity contribution is 4.91. The fraction of sp³-hybridized carbons (Fsp3) is 0.889. The Hall–Kier alpha value is -0.460. The van der Waals surface area contributed by atoms with Crippen molar-refractivity contribution in [2.45, 2.75) is 77.7 Å². The molecule has 0 aromatic rings. The number of aliphatic hydroxyl groups excluding tert-OH is 2. The molecule has 0 radical (unpaired) electrons. The minimum atomic E-state index is -0.896. The van der Waals surface area contributed by atoms with Crippen LogP contribution in [0.2, 0.25) is 0 Å². The first-order valence-corrected chi connectivity index (χ1v) is 8.78. The summed E-state index contributed by atoms with van der Waals surface area (Å²) in [5.41, 5.74) is 0.312. The van der Waals surface area contributed by atoms with Gasteiger partial charge in [0.25, 0.3) is 0 Å². The van der Waals surface area contributed by atoms with Crippen molar-refractivity contribution in [3.8, 4) is 0 Å². The molecule has 0 aromatic carbocycles. The molecule has 1 heterocycles. The second-order valence-corrected chi connectivity index (χ2v) is 7.91. The van der Waals surface area contributed by atoms with Crippen LogP contribution in [-0.2, 0) is 9.47 Å². The molecule has 3 atom stereocenters. The standard InChI is InChI=1S/C18H33NO4/c1-6-15(20)19(7-2)16(21)14-12-22-18(23-14)10-8-13(9-11-18)17(3,4)5/h6,13-16,20-21H,1,7-12H2,2-5H3. The van der Waals surface area contributed by atoms with Crippen LogP contribution in [0.1, 0.15) is 53.4 Å². The molecule has 134 valence electrons. The third kappa shape index (κ3) is 4.15. The summed E-state index contributed by atoms with van der Waals surface area (Å²) in [4.78, 5) is 1.56. The van der Waals surface area contributed by atoms with Gasteiger partial charge in [0.2, 0.25) is 0 Å². The highest BCUT2D eigenvalue weighted by atomic mass is 16.7. The van der Waals surface area contributed by atoms with Crippen molar-refractivity contribution in [2.24, 2.45) is 11.3 Å². The molecule has 1 aliphatic carbocycles. The minimum Gasteiger partial charge on any atom is -0.375 e. The molecule has 5 nitrogen and oxygen atoms in total. The van der Waals surface area contributed by atoms with E-state index in [1.807, 2.05) is 6.92 Å². The summed E-state index contributed by atoms with van der Waals surface area (Å²) in [6.45, 7) is 13.2. The Morgan fingerprint density at radius 1 is 1.30 bits per heavy atom. The lowest BCUT2D eigenvalue weighted by molar-refractivity contribution is -0.219. The Balaban J connectivity index is 1.95. The molecule has 2 fully saturated rings. The van der Waals surface area contributed by atoms with E-state index in [0.717, 1.165) is 25.7 Å². The number of nitrogens with zero attached hydrogens (tertiary/aromatic N) is 1. The Labute approximate surface area is 140 Å². The molecule has 2 rings (SSSR count). The molecule has 0 bridgehead atoms. The molecule has 1 aliphatic heterocycles. The van der Waals surface area contributed by atoms with Crippen molar-refractivity contribution in [1.82, 2.24) is 4.90 Å². The van der Waals surface area contributed by atoms with E-state index in [1.165, 1.54) is 6.08 Å². The maximum absolute atomic E-state index is 10.5. The van der Waals surface area contributed by atoms with E-state index >= 15 is 0 Å². The van der Waals surface area contributed by atoms with Gasteiger partial charge in [-0.1, -0.05) is 34.3 Å². The van der Waals surface area contributed by atoms with Crippen LogP contribution < -0.4 is 0 Å². The van der Waals surface area contributed by atoms with Crippen LogP contribution >= 0.6 is 0 Å². The molecular weight excluding hydrogens is 294 g/mol. The number of likely N-dealkylation sites (N-methyl/N-ethyl adjacent to an activating group) is 1. The zero-order valence-electron chi connectivity index (χ0n) is 15.0. The topological polar surface area (TPSA) is 62.2 Å². The average molecular weight is 327 g/mol. The smallest absolute Gasteiger partial charge is 0.169 e. The normalized spacial score (nSPS) is 34.7. The molecule has 1 spiro atoms. The van der Waals surface area contributed by atoms with Crippen molar-refractivity contribution in [2.75, 3.05) is 13.2 Å². The van der Waals surface area contributed by atoms with Crippen LogP contribution in [0.25, 0.3) is 0 Å². The molecule has 0 amide bonds. The monoisotopic (exact) mass is 327 g/mol. The van der Waals surface area contributed by atoms with E-state index in [2.05, 4.69) is 27.4 Å². The van der Waals surface area contributed by atoms with Gasteiger partial charge in [-0.05, 0) is 30.3 Å². The SMILES string of the molecule is C=CC(O)N(CC)C(O)C1COC2(CCC(C(C)(C)C)CC2)O1. The van der Waals surface area contributed by atoms with Gasteiger partial charge in [-0.3, -0.25) is 0 Å². The van der Waals surface area contributed by atoms with E-state index in [0.29, 0.717) is 24.5 Å². The van der Waals surface area contributed by atoms with E-state index in [4.69, 9.17) is 9.47 Å². The van der Waals surface area contributed by atoms with E-state index in [1.54, 1.807) is 4.90 Å². The zero-order valence-corrected chi connectivity index (χ0v) is 15.0. The summed E-state index contributed by atoms with van der Waals surface area (Å²) in [6.07, 6.45) is 3.10. The number of hydrogen-bond acceptors (Lipinski definition) is 5. The van der Waals surface area contributed by atoms with Crippen molar-refractivity contribution >= 4 is 0 Å². The Morgan fingerprint density at radius 3 is 2.39 bits per heavy atom. The molecule has 5 heteroatoms. The first-order chi connectivity index (χ1) is 10.7. The molecule has 2 aliphatic rings. The maximum Gasteiger partial charge on any atom is 0.169 e. The summed E-state index contributed by atoms with van der Waals surface area (Å²) in [5.74, 6) is 0.130. The number of aliphatic hydroxyl groups is 2. The van der Waals surface area contributed by atoms with Crippen molar-refractivity contribution in [3.63, 3.8) is 0 Å².